The van der Waals surface area contributed by atoms with E-state index in [2.05, 4.69) is 36.2 Å². The van der Waals surface area contributed by atoms with Crippen molar-refractivity contribution in [2.24, 2.45) is 7.05 Å². The van der Waals surface area contributed by atoms with Gasteiger partial charge in [0.2, 0.25) is 5.91 Å². The van der Waals surface area contributed by atoms with E-state index in [1.54, 1.807) is 49.6 Å². The van der Waals surface area contributed by atoms with Gasteiger partial charge in [0.1, 0.15) is 17.6 Å². The maximum atomic E-state index is 14.7. The Hall–Kier alpha value is -4.38. The molecule has 0 saturated heterocycles. The molecule has 0 fully saturated rings. The Morgan fingerprint density at radius 1 is 1.09 bits per heavy atom. The number of carbonyl (C=O) groups excluding carboxylic acids is 2. The highest BCUT2D eigenvalue weighted by Gasteiger charge is 2.38. The molecule has 0 saturated carbocycles. The van der Waals surface area contributed by atoms with Gasteiger partial charge in [0.05, 0.1) is 17.2 Å². The Labute approximate surface area is 257 Å². The van der Waals surface area contributed by atoms with Crippen molar-refractivity contribution in [3.05, 3.63) is 113 Å². The molecule has 5 rings (SSSR count). The van der Waals surface area contributed by atoms with E-state index in [9.17, 15) is 22.4 Å². The molecule has 4 aromatic rings. The highest BCUT2D eigenvalue weighted by molar-refractivity contribution is 7.90. The number of rotatable bonds is 8. The summed E-state index contributed by atoms with van der Waals surface area (Å²) in [6.45, 7) is 6.44. The molecule has 1 atom stereocenters. The summed E-state index contributed by atoms with van der Waals surface area (Å²) in [6, 6.07) is 15.8. The second kappa shape index (κ2) is 12.3. The van der Waals surface area contributed by atoms with Crippen molar-refractivity contribution >= 4 is 27.3 Å². The molecule has 1 unspecified atom stereocenters. The maximum Gasteiger partial charge on any atom is 0.277 e. The fourth-order valence-corrected chi connectivity index (χ4v) is 6.87. The van der Waals surface area contributed by atoms with Crippen LogP contribution in [0.3, 0.4) is 0 Å². The molecule has 1 aliphatic heterocycles. The molecular weight excluding hydrogens is 581 g/mol. The van der Waals surface area contributed by atoms with Crippen molar-refractivity contribution < 1.29 is 22.4 Å². The number of aromatic nitrogens is 3. The van der Waals surface area contributed by atoms with Crippen LogP contribution in [-0.2, 0) is 45.7 Å². The van der Waals surface area contributed by atoms with Crippen LogP contribution < -0.4 is 10.2 Å². The summed E-state index contributed by atoms with van der Waals surface area (Å²) in [5, 5.41) is 7.41. The molecule has 230 valence electrons. The summed E-state index contributed by atoms with van der Waals surface area (Å²) in [6.07, 6.45) is 3.70. The van der Waals surface area contributed by atoms with Gasteiger partial charge in [-0.2, -0.15) is 5.10 Å². The molecule has 2 aromatic carbocycles. The zero-order valence-corrected chi connectivity index (χ0v) is 26.1. The molecule has 11 heteroatoms. The summed E-state index contributed by atoms with van der Waals surface area (Å²) in [5.41, 5.74) is 3.55. The molecule has 0 radical (unpaired) electrons. The quantitative estimate of drug-likeness (QED) is 0.312. The van der Waals surface area contributed by atoms with Crippen molar-refractivity contribution in [2.45, 2.75) is 50.8 Å². The first-order valence-electron chi connectivity index (χ1n) is 14.5. The molecule has 44 heavy (non-hydrogen) atoms. The van der Waals surface area contributed by atoms with E-state index in [0.29, 0.717) is 28.9 Å². The Bertz CT molecular complexity index is 1780. The van der Waals surface area contributed by atoms with Crippen LogP contribution in [0.4, 0.5) is 10.1 Å². The molecule has 3 heterocycles. The van der Waals surface area contributed by atoms with Crippen LogP contribution >= 0.6 is 0 Å². The van der Waals surface area contributed by atoms with E-state index in [1.807, 2.05) is 12.1 Å². The van der Waals surface area contributed by atoms with Gasteiger partial charge in [0.15, 0.2) is 9.84 Å². The van der Waals surface area contributed by atoms with E-state index in [1.165, 1.54) is 27.9 Å². The number of benzene rings is 2. The van der Waals surface area contributed by atoms with Gasteiger partial charge in [0.25, 0.3) is 5.91 Å². The zero-order valence-electron chi connectivity index (χ0n) is 25.2. The number of fused-ring (bicyclic) bond motifs is 1. The van der Waals surface area contributed by atoms with Crippen LogP contribution in [0.25, 0.3) is 0 Å². The molecule has 0 aliphatic carbocycles. The third-order valence-corrected chi connectivity index (χ3v) is 9.34. The average molecular weight is 618 g/mol. The molecule has 1 aliphatic rings. The monoisotopic (exact) mass is 617 g/mol. The number of carbonyl (C=O) groups is 2. The summed E-state index contributed by atoms with van der Waals surface area (Å²) in [7, 11) is -1.81. The zero-order chi connectivity index (χ0) is 31.6. The maximum absolute atomic E-state index is 14.7. The second-order valence-corrected chi connectivity index (χ2v) is 14.3. The fraction of sp³-hybridized carbons (Fsp3) is 0.333. The molecule has 0 bridgehead atoms. The van der Waals surface area contributed by atoms with Gasteiger partial charge >= 0.3 is 0 Å². The van der Waals surface area contributed by atoms with Crippen LogP contribution in [0, 0.1) is 5.82 Å². The van der Waals surface area contributed by atoms with Crippen LogP contribution in [-0.4, -0.2) is 47.3 Å². The number of nitrogens with one attached hydrogen (secondary N) is 1. The van der Waals surface area contributed by atoms with E-state index in [0.717, 1.165) is 11.1 Å². The summed E-state index contributed by atoms with van der Waals surface area (Å²) in [5.74, 6) is -1.72. The van der Waals surface area contributed by atoms with Crippen molar-refractivity contribution in [1.29, 1.82) is 0 Å². The van der Waals surface area contributed by atoms with E-state index < -0.39 is 27.7 Å². The molecule has 2 amide bonds. The lowest BCUT2D eigenvalue weighted by molar-refractivity contribution is -0.122. The van der Waals surface area contributed by atoms with Crippen molar-refractivity contribution in [2.75, 3.05) is 17.2 Å². The Kier molecular flexibility index (Phi) is 8.69. The number of anilines is 1. The Balaban J connectivity index is 1.59. The highest BCUT2D eigenvalue weighted by Crippen LogP contribution is 2.34. The van der Waals surface area contributed by atoms with E-state index in [4.69, 9.17) is 0 Å². The van der Waals surface area contributed by atoms with Gasteiger partial charge < -0.3 is 5.32 Å². The van der Waals surface area contributed by atoms with Gasteiger partial charge in [-0.15, -0.1) is 0 Å². The van der Waals surface area contributed by atoms with Crippen molar-refractivity contribution in [1.82, 2.24) is 20.1 Å². The topological polar surface area (TPSA) is 114 Å². The number of nitrogens with zero attached hydrogens (tertiary/aromatic N) is 4. The lowest BCUT2D eigenvalue weighted by atomic mass is 9.87. The van der Waals surface area contributed by atoms with Gasteiger partial charge in [0, 0.05) is 49.2 Å². The summed E-state index contributed by atoms with van der Waals surface area (Å²) < 4.78 is 40.4. The standard InChI is InChI=1S/C33H36FN5O4S/c1-33(2,3)24-10-12-26(13-11-24)39(32(41)30-27-21-44(42,43)18-15-28(27)37-38(30)4)29(23-8-6-16-35-20-23)31(40)36-17-14-22-7-5-9-25(34)19-22/h5-13,16,19-20,29H,14-15,17-18,21H2,1-4H3,(H,36,40). The predicted molar refractivity (Wildman–Crippen MR) is 166 cm³/mol. The molecule has 1 N–H and O–H groups in total. The van der Waals surface area contributed by atoms with Gasteiger partial charge in [-0.05, 0) is 53.3 Å². The van der Waals surface area contributed by atoms with Crippen molar-refractivity contribution in [3.8, 4) is 0 Å². The predicted octanol–water partition coefficient (Wildman–Crippen LogP) is 4.47. The molecular formula is C33H36FN5O4S. The van der Waals surface area contributed by atoms with Crippen LogP contribution in [0.2, 0.25) is 0 Å². The minimum atomic E-state index is -3.42. The summed E-state index contributed by atoms with van der Waals surface area (Å²) in [4.78, 5) is 34.3. The van der Waals surface area contributed by atoms with Crippen molar-refractivity contribution in [3.63, 3.8) is 0 Å². The fourth-order valence-electron chi connectivity index (χ4n) is 5.48. The number of hydrogen-bond acceptors (Lipinski definition) is 6. The lowest BCUT2D eigenvalue weighted by Gasteiger charge is -2.32. The average Bonchev–Trinajstić information content (AvgIpc) is 3.29. The van der Waals surface area contributed by atoms with E-state index in [-0.39, 0.29) is 41.4 Å². The second-order valence-electron chi connectivity index (χ2n) is 12.1. The third-order valence-electron chi connectivity index (χ3n) is 7.78. The van der Waals surface area contributed by atoms with E-state index >= 15 is 0 Å². The molecule has 2 aromatic heterocycles. The molecule has 0 spiro atoms. The first kappa shape index (κ1) is 31.1. The first-order chi connectivity index (χ1) is 20.8. The third kappa shape index (κ3) is 6.72. The van der Waals surface area contributed by atoms with Gasteiger partial charge in [-0.1, -0.05) is 51.1 Å². The number of pyridine rings is 1. The number of sulfone groups is 1. The normalized spacial score (nSPS) is 14.8. The first-order valence-corrected chi connectivity index (χ1v) is 16.3. The summed E-state index contributed by atoms with van der Waals surface area (Å²) >= 11 is 0. The smallest absolute Gasteiger partial charge is 0.277 e. The number of amides is 2. The number of aryl methyl sites for hydroxylation is 2. The van der Waals surface area contributed by atoms with Crippen LogP contribution in [0.1, 0.15) is 65.2 Å². The number of hydrogen-bond donors (Lipinski definition) is 1. The van der Waals surface area contributed by atoms with Gasteiger partial charge in [-0.3, -0.25) is 24.2 Å². The van der Waals surface area contributed by atoms with Crippen LogP contribution in [0.5, 0.6) is 0 Å². The SMILES string of the molecule is Cn1nc2c(c1C(=O)N(c1ccc(C(C)(C)C)cc1)C(C(=O)NCCc1cccc(F)c1)c1cccnc1)CS(=O)(=O)CC2. The number of halogens is 1. The van der Waals surface area contributed by atoms with Crippen LogP contribution in [0.15, 0.2) is 73.1 Å². The lowest BCUT2D eigenvalue weighted by Crippen LogP contribution is -2.45. The molecule has 9 nitrogen and oxygen atoms in total. The largest absolute Gasteiger partial charge is 0.354 e. The highest BCUT2D eigenvalue weighted by atomic mass is 32.2. The minimum Gasteiger partial charge on any atom is -0.354 e. The Morgan fingerprint density at radius 3 is 2.50 bits per heavy atom. The van der Waals surface area contributed by atoms with Gasteiger partial charge in [-0.25, -0.2) is 12.8 Å². The Morgan fingerprint density at radius 2 is 1.84 bits per heavy atom. The minimum absolute atomic E-state index is 0.0331.